The first-order chi connectivity index (χ1) is 5.77. The van der Waals surface area contributed by atoms with Gasteiger partial charge in [-0.05, 0) is 31.7 Å². The Morgan fingerprint density at radius 3 is 2.42 bits per heavy atom. The van der Waals surface area contributed by atoms with Crippen LogP contribution in [-0.4, -0.2) is 25.1 Å². The highest BCUT2D eigenvalue weighted by Crippen LogP contribution is 2.25. The van der Waals surface area contributed by atoms with Crippen LogP contribution in [0.2, 0.25) is 0 Å². The van der Waals surface area contributed by atoms with E-state index in [0.717, 1.165) is 11.8 Å². The zero-order valence-corrected chi connectivity index (χ0v) is 8.64. The van der Waals surface area contributed by atoms with Gasteiger partial charge in [0.05, 0.1) is 0 Å². The standard InChI is InChI=1S/C10H22N2/c1-4-9(2)10-5-7-12(11-3)8-6-10/h9-11H,4-8H2,1-3H3. The van der Waals surface area contributed by atoms with E-state index in [4.69, 9.17) is 0 Å². The van der Waals surface area contributed by atoms with Crippen LogP contribution >= 0.6 is 0 Å². The van der Waals surface area contributed by atoms with E-state index in [1.165, 1.54) is 32.4 Å². The van der Waals surface area contributed by atoms with Crippen molar-refractivity contribution in [2.75, 3.05) is 20.1 Å². The zero-order valence-electron chi connectivity index (χ0n) is 8.64. The summed E-state index contributed by atoms with van der Waals surface area (Å²) in [7, 11) is 2.02. The van der Waals surface area contributed by atoms with E-state index in [0.29, 0.717) is 0 Å². The second-order valence-corrected chi connectivity index (χ2v) is 3.93. The summed E-state index contributed by atoms with van der Waals surface area (Å²) in [4.78, 5) is 0. The molecule has 0 aromatic heterocycles. The van der Waals surface area contributed by atoms with E-state index in [2.05, 4.69) is 24.3 Å². The fourth-order valence-corrected chi connectivity index (χ4v) is 2.03. The Labute approximate surface area is 76.3 Å². The van der Waals surface area contributed by atoms with E-state index < -0.39 is 0 Å². The third kappa shape index (κ3) is 2.46. The molecule has 1 aliphatic rings. The first kappa shape index (κ1) is 10.0. The Hall–Kier alpha value is -0.0800. The van der Waals surface area contributed by atoms with E-state index in [1.54, 1.807) is 0 Å². The molecule has 72 valence electrons. The van der Waals surface area contributed by atoms with Crippen molar-refractivity contribution in [2.24, 2.45) is 11.8 Å². The maximum atomic E-state index is 3.21. The van der Waals surface area contributed by atoms with Crippen LogP contribution in [-0.2, 0) is 0 Å². The second kappa shape index (κ2) is 4.83. The van der Waals surface area contributed by atoms with Gasteiger partial charge in [-0.25, -0.2) is 5.01 Å². The van der Waals surface area contributed by atoms with Crippen molar-refractivity contribution < 1.29 is 0 Å². The van der Waals surface area contributed by atoms with E-state index >= 15 is 0 Å². The van der Waals surface area contributed by atoms with Gasteiger partial charge in [0.15, 0.2) is 0 Å². The van der Waals surface area contributed by atoms with Crippen LogP contribution in [0.3, 0.4) is 0 Å². The Morgan fingerprint density at radius 2 is 2.00 bits per heavy atom. The van der Waals surface area contributed by atoms with Gasteiger partial charge < -0.3 is 0 Å². The van der Waals surface area contributed by atoms with Crippen molar-refractivity contribution in [3.63, 3.8) is 0 Å². The summed E-state index contributed by atoms with van der Waals surface area (Å²) < 4.78 is 0. The summed E-state index contributed by atoms with van der Waals surface area (Å²) in [6.45, 7) is 7.14. The summed E-state index contributed by atoms with van der Waals surface area (Å²) in [6.07, 6.45) is 4.08. The van der Waals surface area contributed by atoms with Crippen LogP contribution in [0.4, 0.5) is 0 Å². The molecule has 12 heavy (non-hydrogen) atoms. The van der Waals surface area contributed by atoms with Crippen molar-refractivity contribution in [3.05, 3.63) is 0 Å². The Bertz CT molecular complexity index is 117. The maximum Gasteiger partial charge on any atom is 0.0133 e. The lowest BCUT2D eigenvalue weighted by Gasteiger charge is -2.33. The molecule has 0 aliphatic carbocycles. The SMILES string of the molecule is CCC(C)C1CCN(NC)CC1. The summed E-state index contributed by atoms with van der Waals surface area (Å²) in [5, 5.41) is 2.32. The zero-order chi connectivity index (χ0) is 8.97. The minimum Gasteiger partial charge on any atom is -0.258 e. The molecule has 0 aromatic carbocycles. The molecule has 0 aromatic rings. The number of nitrogens with one attached hydrogen (secondary N) is 1. The maximum absolute atomic E-state index is 3.21. The lowest BCUT2D eigenvalue weighted by Crippen LogP contribution is -2.42. The molecule has 1 rings (SSSR count). The van der Waals surface area contributed by atoms with E-state index in [-0.39, 0.29) is 0 Å². The number of hydrogen-bond acceptors (Lipinski definition) is 2. The minimum atomic E-state index is 0.920. The second-order valence-electron chi connectivity index (χ2n) is 3.93. The molecule has 1 aliphatic heterocycles. The van der Waals surface area contributed by atoms with E-state index in [9.17, 15) is 0 Å². The van der Waals surface area contributed by atoms with Gasteiger partial charge in [0.1, 0.15) is 0 Å². The lowest BCUT2D eigenvalue weighted by atomic mass is 9.84. The van der Waals surface area contributed by atoms with Crippen molar-refractivity contribution in [1.29, 1.82) is 0 Å². The number of hydrogen-bond donors (Lipinski definition) is 1. The predicted octanol–water partition coefficient (Wildman–Crippen LogP) is 1.88. The minimum absolute atomic E-state index is 0.920. The highest BCUT2D eigenvalue weighted by atomic mass is 15.5. The fraction of sp³-hybridized carbons (Fsp3) is 1.00. The molecule has 1 N–H and O–H groups in total. The number of rotatable bonds is 3. The molecule has 2 heteroatoms. The molecule has 0 radical (unpaired) electrons. The first-order valence-electron chi connectivity index (χ1n) is 5.20. The molecule has 0 bridgehead atoms. The van der Waals surface area contributed by atoms with Gasteiger partial charge in [-0.15, -0.1) is 0 Å². The van der Waals surface area contributed by atoms with Crippen LogP contribution in [0.15, 0.2) is 0 Å². The molecule has 0 amide bonds. The molecular weight excluding hydrogens is 148 g/mol. The summed E-state index contributed by atoms with van der Waals surface area (Å²) >= 11 is 0. The quantitative estimate of drug-likeness (QED) is 0.695. The number of piperidine rings is 1. The van der Waals surface area contributed by atoms with Crippen LogP contribution in [0.25, 0.3) is 0 Å². The molecule has 1 saturated heterocycles. The number of nitrogens with zero attached hydrogens (tertiary/aromatic N) is 1. The van der Waals surface area contributed by atoms with Crippen molar-refractivity contribution in [3.8, 4) is 0 Å². The molecule has 0 saturated carbocycles. The first-order valence-corrected chi connectivity index (χ1v) is 5.20. The molecular formula is C10H22N2. The monoisotopic (exact) mass is 170 g/mol. The molecule has 0 spiro atoms. The smallest absolute Gasteiger partial charge is 0.0133 e. The van der Waals surface area contributed by atoms with Crippen molar-refractivity contribution in [2.45, 2.75) is 33.1 Å². The topological polar surface area (TPSA) is 15.3 Å². The molecule has 1 unspecified atom stereocenters. The van der Waals surface area contributed by atoms with Gasteiger partial charge >= 0.3 is 0 Å². The third-order valence-corrected chi connectivity index (χ3v) is 3.30. The molecule has 1 atom stereocenters. The Kier molecular flexibility index (Phi) is 4.02. The van der Waals surface area contributed by atoms with Gasteiger partial charge in [0.2, 0.25) is 0 Å². The molecule has 2 nitrogen and oxygen atoms in total. The van der Waals surface area contributed by atoms with Gasteiger partial charge in [0.25, 0.3) is 0 Å². The van der Waals surface area contributed by atoms with Crippen LogP contribution < -0.4 is 5.43 Å². The van der Waals surface area contributed by atoms with Crippen LogP contribution in [0.5, 0.6) is 0 Å². The normalized spacial score (nSPS) is 24.2. The van der Waals surface area contributed by atoms with Crippen LogP contribution in [0, 0.1) is 11.8 Å². The van der Waals surface area contributed by atoms with Crippen molar-refractivity contribution >= 4 is 0 Å². The highest BCUT2D eigenvalue weighted by Gasteiger charge is 2.21. The summed E-state index contributed by atoms with van der Waals surface area (Å²) in [6, 6.07) is 0. The average Bonchev–Trinajstić information content (AvgIpc) is 2.17. The summed E-state index contributed by atoms with van der Waals surface area (Å²) in [5.41, 5.74) is 3.21. The largest absolute Gasteiger partial charge is 0.258 e. The molecule has 1 heterocycles. The Morgan fingerprint density at radius 1 is 1.42 bits per heavy atom. The summed E-state index contributed by atoms with van der Waals surface area (Å²) in [5.74, 6) is 1.89. The fourth-order valence-electron chi connectivity index (χ4n) is 2.03. The van der Waals surface area contributed by atoms with Gasteiger partial charge in [-0.3, -0.25) is 5.43 Å². The van der Waals surface area contributed by atoms with Gasteiger partial charge in [-0.2, -0.15) is 0 Å². The van der Waals surface area contributed by atoms with Gasteiger partial charge in [-0.1, -0.05) is 20.3 Å². The highest BCUT2D eigenvalue weighted by molar-refractivity contribution is 4.73. The van der Waals surface area contributed by atoms with E-state index in [1.807, 2.05) is 7.05 Å². The van der Waals surface area contributed by atoms with Crippen LogP contribution in [0.1, 0.15) is 33.1 Å². The van der Waals surface area contributed by atoms with Crippen molar-refractivity contribution in [1.82, 2.24) is 10.4 Å². The van der Waals surface area contributed by atoms with Gasteiger partial charge in [0, 0.05) is 13.1 Å². The average molecular weight is 170 g/mol. The predicted molar refractivity (Wildman–Crippen MR) is 52.8 cm³/mol. The lowest BCUT2D eigenvalue weighted by molar-refractivity contribution is 0.113. The third-order valence-electron chi connectivity index (χ3n) is 3.30. The molecule has 1 fully saturated rings. The number of hydrazine groups is 1. The Balaban J connectivity index is 2.25.